The maximum atomic E-state index is 13.6. The predicted molar refractivity (Wildman–Crippen MR) is 137 cm³/mol. The molecular formula is C27H38N2O5S. The summed E-state index contributed by atoms with van der Waals surface area (Å²) in [6.45, 7) is 10.6. The highest BCUT2D eigenvalue weighted by molar-refractivity contribution is 7.09. The van der Waals surface area contributed by atoms with E-state index in [-0.39, 0.29) is 24.0 Å². The van der Waals surface area contributed by atoms with Gasteiger partial charge in [-0.3, -0.25) is 14.5 Å². The molecule has 0 saturated carbocycles. The van der Waals surface area contributed by atoms with Crippen LogP contribution in [0.2, 0.25) is 0 Å². The number of hydrogen-bond acceptors (Lipinski definition) is 7. The number of carbonyl (C=O) groups excluding carboxylic acids is 1. The quantitative estimate of drug-likeness (QED) is 0.394. The second kappa shape index (κ2) is 11.6. The number of methoxy groups -OCH3 is 1. The Morgan fingerprint density at radius 1 is 1.23 bits per heavy atom. The third-order valence-electron chi connectivity index (χ3n) is 6.55. The molecular weight excluding hydrogens is 464 g/mol. The summed E-state index contributed by atoms with van der Waals surface area (Å²) in [6.07, 6.45) is 3.67. The fourth-order valence-corrected chi connectivity index (χ4v) is 5.37. The third kappa shape index (κ3) is 6.68. The molecule has 1 aromatic heterocycles. The molecule has 1 fully saturated rings. The highest BCUT2D eigenvalue weighted by Gasteiger charge is 2.40. The van der Waals surface area contributed by atoms with Gasteiger partial charge in [0.25, 0.3) is 0 Å². The number of ether oxygens (including phenoxy) is 2. The Bertz CT molecular complexity index is 999. The average molecular weight is 503 g/mol. The molecule has 0 aliphatic carbocycles. The molecule has 3 rings (SSSR count). The number of carbonyl (C=O) groups is 2. The van der Waals surface area contributed by atoms with E-state index in [1.54, 1.807) is 19.4 Å². The molecule has 1 aromatic carbocycles. The Morgan fingerprint density at radius 2 is 1.97 bits per heavy atom. The molecule has 1 saturated heterocycles. The van der Waals surface area contributed by atoms with Crippen LogP contribution >= 0.6 is 11.3 Å². The first-order chi connectivity index (χ1) is 16.5. The van der Waals surface area contributed by atoms with Crippen molar-refractivity contribution in [3.05, 3.63) is 45.9 Å². The van der Waals surface area contributed by atoms with E-state index in [0.717, 1.165) is 17.0 Å². The number of hydrogen-bond donors (Lipinski definition) is 1. The van der Waals surface area contributed by atoms with Gasteiger partial charge in [0.2, 0.25) is 0 Å². The number of aliphatic carboxylic acids is 1. The van der Waals surface area contributed by atoms with Crippen LogP contribution in [0.4, 0.5) is 0 Å². The Kier molecular flexibility index (Phi) is 9.07. The molecule has 35 heavy (non-hydrogen) atoms. The number of benzene rings is 1. The molecule has 3 atom stereocenters. The van der Waals surface area contributed by atoms with Gasteiger partial charge in [0, 0.05) is 17.1 Å². The zero-order chi connectivity index (χ0) is 25.8. The van der Waals surface area contributed by atoms with Gasteiger partial charge < -0.3 is 14.6 Å². The van der Waals surface area contributed by atoms with Gasteiger partial charge in [0.1, 0.15) is 29.6 Å². The van der Waals surface area contributed by atoms with Gasteiger partial charge in [-0.2, -0.15) is 0 Å². The van der Waals surface area contributed by atoms with Gasteiger partial charge in [0.15, 0.2) is 5.78 Å². The highest BCUT2D eigenvalue weighted by Crippen LogP contribution is 2.37. The first-order valence-electron chi connectivity index (χ1n) is 12.2. The van der Waals surface area contributed by atoms with Crippen LogP contribution in [0.25, 0.3) is 0 Å². The fraction of sp³-hybridized carbons (Fsp3) is 0.593. The number of Topliss-reactive ketones (excluding diaryl/α,β-unsaturated/α-hetero) is 1. The van der Waals surface area contributed by atoms with Crippen molar-refractivity contribution in [2.45, 2.75) is 83.9 Å². The lowest BCUT2D eigenvalue weighted by Gasteiger charge is -2.29. The van der Waals surface area contributed by atoms with Crippen molar-refractivity contribution in [1.29, 1.82) is 0 Å². The van der Waals surface area contributed by atoms with E-state index >= 15 is 0 Å². The average Bonchev–Trinajstić information content (AvgIpc) is 3.47. The van der Waals surface area contributed by atoms with E-state index < -0.39 is 18.1 Å². The lowest BCUT2D eigenvalue weighted by molar-refractivity contribution is -0.145. The SMILES string of the molecule is COc1cc(C(=O)C(CCC(C)C)OCN2C(C(=O)O)CCC2c2nccs2)ccc1C(C)(C)C. The van der Waals surface area contributed by atoms with E-state index in [4.69, 9.17) is 9.47 Å². The summed E-state index contributed by atoms with van der Waals surface area (Å²) in [5.41, 5.74) is 1.45. The van der Waals surface area contributed by atoms with Crippen LogP contribution in [-0.4, -0.2) is 52.7 Å². The zero-order valence-corrected chi connectivity index (χ0v) is 22.4. The Hall–Kier alpha value is -2.29. The van der Waals surface area contributed by atoms with Crippen LogP contribution in [-0.2, 0) is 14.9 Å². The Morgan fingerprint density at radius 3 is 2.54 bits per heavy atom. The van der Waals surface area contributed by atoms with E-state index in [9.17, 15) is 14.7 Å². The summed E-state index contributed by atoms with van der Waals surface area (Å²) in [4.78, 5) is 31.8. The molecule has 1 aliphatic heterocycles. The van der Waals surface area contributed by atoms with Crippen LogP contribution in [0.5, 0.6) is 5.75 Å². The molecule has 3 unspecified atom stereocenters. The third-order valence-corrected chi connectivity index (χ3v) is 7.43. The molecule has 8 heteroatoms. The minimum atomic E-state index is -0.875. The summed E-state index contributed by atoms with van der Waals surface area (Å²) in [6, 6.07) is 4.80. The van der Waals surface area contributed by atoms with Crippen LogP contribution in [0.3, 0.4) is 0 Å². The largest absolute Gasteiger partial charge is 0.496 e. The van der Waals surface area contributed by atoms with Gasteiger partial charge in [-0.1, -0.05) is 46.8 Å². The summed E-state index contributed by atoms with van der Waals surface area (Å²) in [7, 11) is 1.61. The van der Waals surface area contributed by atoms with Crippen LogP contribution in [0.1, 0.15) is 87.3 Å². The molecule has 192 valence electrons. The summed E-state index contributed by atoms with van der Waals surface area (Å²) < 4.78 is 11.8. The van der Waals surface area contributed by atoms with Crippen molar-refractivity contribution in [3.8, 4) is 5.75 Å². The van der Waals surface area contributed by atoms with Crippen molar-refractivity contribution >= 4 is 23.1 Å². The highest BCUT2D eigenvalue weighted by atomic mass is 32.1. The van der Waals surface area contributed by atoms with Crippen molar-refractivity contribution in [3.63, 3.8) is 0 Å². The fourth-order valence-electron chi connectivity index (χ4n) is 4.58. The molecule has 0 spiro atoms. The summed E-state index contributed by atoms with van der Waals surface area (Å²) in [5, 5.41) is 12.6. The van der Waals surface area contributed by atoms with Gasteiger partial charge in [-0.15, -0.1) is 11.3 Å². The smallest absolute Gasteiger partial charge is 0.321 e. The second-order valence-corrected chi connectivity index (χ2v) is 11.5. The Labute approximate surface area is 212 Å². The monoisotopic (exact) mass is 502 g/mol. The zero-order valence-electron chi connectivity index (χ0n) is 21.6. The number of aromatic nitrogens is 1. The number of ketones is 1. The van der Waals surface area contributed by atoms with E-state index in [2.05, 4.69) is 39.6 Å². The standard InChI is InChI=1S/C27H38N2O5S/c1-17(2)7-12-22(24(30)18-8-9-19(27(3,4)5)23(15-18)33-6)34-16-29-20(25-28-13-14-35-25)10-11-21(29)26(31)32/h8-9,13-15,17,20-22H,7,10-12,16H2,1-6H3,(H,31,32). The first kappa shape index (κ1) is 27.3. The van der Waals surface area contributed by atoms with E-state index in [1.807, 2.05) is 22.4 Å². The van der Waals surface area contributed by atoms with Gasteiger partial charge >= 0.3 is 5.97 Å². The molecule has 1 N–H and O–H groups in total. The van der Waals surface area contributed by atoms with E-state index in [1.165, 1.54) is 11.3 Å². The van der Waals surface area contributed by atoms with Crippen molar-refractivity contribution in [1.82, 2.24) is 9.88 Å². The molecule has 0 radical (unpaired) electrons. The molecule has 0 bridgehead atoms. The molecule has 2 aromatic rings. The minimum Gasteiger partial charge on any atom is -0.496 e. The van der Waals surface area contributed by atoms with Crippen molar-refractivity contribution in [2.24, 2.45) is 5.92 Å². The normalized spacial score (nSPS) is 19.7. The molecule has 1 aliphatic rings. The van der Waals surface area contributed by atoms with Gasteiger partial charge in [-0.25, -0.2) is 4.98 Å². The summed E-state index contributed by atoms with van der Waals surface area (Å²) >= 11 is 1.51. The Balaban J connectivity index is 1.83. The van der Waals surface area contributed by atoms with Crippen LogP contribution in [0.15, 0.2) is 29.8 Å². The number of carboxylic acids is 1. The summed E-state index contributed by atoms with van der Waals surface area (Å²) in [5.74, 6) is 0.107. The molecule has 2 heterocycles. The minimum absolute atomic E-state index is 0.0624. The maximum absolute atomic E-state index is 13.6. The number of nitrogens with zero attached hydrogens (tertiary/aromatic N) is 2. The lowest BCUT2D eigenvalue weighted by atomic mass is 9.85. The lowest BCUT2D eigenvalue weighted by Crippen LogP contribution is -2.41. The van der Waals surface area contributed by atoms with E-state index in [0.29, 0.717) is 36.5 Å². The van der Waals surface area contributed by atoms with Crippen LogP contribution in [0, 0.1) is 5.92 Å². The number of thiazole rings is 1. The van der Waals surface area contributed by atoms with Crippen molar-refractivity contribution < 1.29 is 24.2 Å². The number of rotatable bonds is 11. The molecule has 7 nitrogen and oxygen atoms in total. The molecule has 0 amide bonds. The topological polar surface area (TPSA) is 89.0 Å². The first-order valence-corrected chi connectivity index (χ1v) is 13.1. The van der Waals surface area contributed by atoms with Gasteiger partial charge in [-0.05, 0) is 48.6 Å². The number of carboxylic acid groups (broad SMARTS) is 1. The van der Waals surface area contributed by atoms with Gasteiger partial charge in [0.05, 0.1) is 13.2 Å². The van der Waals surface area contributed by atoms with Crippen molar-refractivity contribution in [2.75, 3.05) is 13.8 Å². The second-order valence-electron chi connectivity index (χ2n) is 10.6. The maximum Gasteiger partial charge on any atom is 0.321 e. The predicted octanol–water partition coefficient (Wildman–Crippen LogP) is 5.70. The number of likely N-dealkylation sites (tertiary alicyclic amines) is 1. The van der Waals surface area contributed by atoms with Crippen LogP contribution < -0.4 is 4.74 Å².